The van der Waals surface area contributed by atoms with E-state index in [9.17, 15) is 25.9 Å². The van der Waals surface area contributed by atoms with Crippen LogP contribution in [0.5, 0.6) is 0 Å². The monoisotopic (exact) mass is 826 g/mol. The summed E-state index contributed by atoms with van der Waals surface area (Å²) in [7, 11) is -0.695. The maximum absolute atomic E-state index is 10.4. The predicted molar refractivity (Wildman–Crippen MR) is 217 cm³/mol. The molecule has 1 fully saturated rings. The van der Waals surface area contributed by atoms with Crippen molar-refractivity contribution in [3.63, 3.8) is 0 Å². The average Bonchev–Trinajstić information content (AvgIpc) is 3.70. The Hall–Kier alpha value is -6.08. The molecule has 58 heavy (non-hydrogen) atoms. The highest BCUT2D eigenvalue weighted by Gasteiger charge is 2.18. The smallest absolute Gasteiger partial charge is 0.421 e. The van der Waals surface area contributed by atoms with Crippen molar-refractivity contribution in [2.45, 2.75) is 23.6 Å². The Morgan fingerprint density at radius 3 is 1.07 bits per heavy atom. The van der Waals surface area contributed by atoms with Gasteiger partial charge in [0, 0.05) is 47.8 Å². The molecule has 6 aromatic rings. The maximum Gasteiger partial charge on any atom is 0.421 e. The van der Waals surface area contributed by atoms with E-state index in [-0.39, 0.29) is 9.79 Å². The minimum Gasteiger partial charge on any atom is -0.744 e. The minimum absolute atomic E-state index is 0.178. The molecule has 0 atom stereocenters. The third kappa shape index (κ3) is 12.0. The van der Waals surface area contributed by atoms with Crippen molar-refractivity contribution in [1.82, 2.24) is 9.13 Å². The highest BCUT2D eigenvalue weighted by atomic mass is 32.2. The number of hydrogen-bond acceptors (Lipinski definition) is 12. The molecule has 18 heteroatoms. The van der Waals surface area contributed by atoms with Gasteiger partial charge in [-0.05, 0) is 86.6 Å². The Bertz CT molecular complexity index is 2340. The summed E-state index contributed by atoms with van der Waals surface area (Å²) in [4.78, 5) is 4.47. The van der Waals surface area contributed by atoms with Crippen molar-refractivity contribution < 1.29 is 35.1 Å². The summed E-state index contributed by atoms with van der Waals surface area (Å²) in [6, 6.07) is 28.2. The van der Waals surface area contributed by atoms with Gasteiger partial charge in [-0.25, -0.2) is 35.1 Å². The van der Waals surface area contributed by atoms with Gasteiger partial charge in [0.25, 0.3) is 0 Å². The van der Waals surface area contributed by atoms with Crippen LogP contribution < -0.4 is 18.9 Å². The second kappa shape index (κ2) is 18.9. The molecule has 0 amide bonds. The molecule has 0 N–H and O–H groups in total. The van der Waals surface area contributed by atoms with Crippen molar-refractivity contribution in [1.29, 1.82) is 0 Å². The van der Waals surface area contributed by atoms with E-state index in [2.05, 4.69) is 54.5 Å². The summed E-state index contributed by atoms with van der Waals surface area (Å²) < 4.78 is 70.1. The molecule has 0 bridgehead atoms. The van der Waals surface area contributed by atoms with Gasteiger partial charge in [-0.15, -0.1) is 0 Å². The SMILES string of the molecule is Cc1ccc(S(=O)(=O)[O-])cc1.Cc1ccc(S(=O)(=O)[O-])cc1.Cn1cc[n+](C)c1N=Nc1ccc(N2CCN(c3ccc(N=Nc4n(C)cc[n+]4C)cc3)CC2)cc1. The molecule has 0 unspecified atom stereocenters. The Morgan fingerprint density at radius 1 is 0.500 bits per heavy atom. The Labute approximate surface area is 339 Å². The van der Waals surface area contributed by atoms with Crippen LogP contribution in [0.25, 0.3) is 0 Å². The highest BCUT2D eigenvalue weighted by Crippen LogP contribution is 2.26. The number of imidazole rings is 2. The van der Waals surface area contributed by atoms with E-state index >= 15 is 0 Å². The maximum atomic E-state index is 10.4. The van der Waals surface area contributed by atoms with E-state index < -0.39 is 20.2 Å². The zero-order valence-corrected chi connectivity index (χ0v) is 34.7. The van der Waals surface area contributed by atoms with Gasteiger partial charge in [-0.3, -0.25) is 0 Å². The van der Waals surface area contributed by atoms with Crippen LogP contribution >= 0.6 is 0 Å². The van der Waals surface area contributed by atoms with E-state index in [1.165, 1.54) is 35.6 Å². The third-order valence-electron chi connectivity index (χ3n) is 9.13. The van der Waals surface area contributed by atoms with Gasteiger partial charge in [0.05, 0.1) is 62.8 Å². The number of aryl methyl sites for hydroxylation is 6. The minimum atomic E-state index is -4.27. The molecule has 1 aliphatic rings. The Kier molecular flexibility index (Phi) is 14.0. The highest BCUT2D eigenvalue weighted by molar-refractivity contribution is 7.86. The van der Waals surface area contributed by atoms with E-state index in [4.69, 9.17) is 0 Å². The molecule has 0 spiro atoms. The fraction of sp³-hybridized carbons (Fsp3) is 0.250. The zero-order chi connectivity index (χ0) is 42.0. The van der Waals surface area contributed by atoms with E-state index in [1.54, 1.807) is 24.3 Å². The average molecular weight is 827 g/mol. The molecule has 1 saturated heterocycles. The summed E-state index contributed by atoms with van der Waals surface area (Å²) in [5.74, 6) is 1.60. The topological polar surface area (TPSA) is 188 Å². The van der Waals surface area contributed by atoms with Crippen LogP contribution in [0.15, 0.2) is 152 Å². The number of hydrogen-bond donors (Lipinski definition) is 0. The van der Waals surface area contributed by atoms with Crippen LogP contribution in [0.3, 0.4) is 0 Å². The van der Waals surface area contributed by atoms with E-state index in [0.717, 1.165) is 60.6 Å². The molecule has 16 nitrogen and oxygen atoms in total. The first-order valence-electron chi connectivity index (χ1n) is 18.1. The third-order valence-corrected chi connectivity index (χ3v) is 10.8. The first-order valence-corrected chi connectivity index (χ1v) is 20.9. The lowest BCUT2D eigenvalue weighted by atomic mass is 10.2. The lowest BCUT2D eigenvalue weighted by molar-refractivity contribution is -0.657. The summed E-state index contributed by atoms with van der Waals surface area (Å²) in [5, 5.41) is 17.5. The van der Waals surface area contributed by atoms with Crippen LogP contribution in [-0.4, -0.2) is 61.3 Å². The number of benzene rings is 4. The fourth-order valence-corrected chi connectivity index (χ4v) is 6.68. The standard InChI is InChI=1S/C26H32N10.2C7H8O3S/c1-31-13-14-32(2)25(31)29-27-21-5-9-23(10-6-21)35-17-19-36(20-18-35)24-11-7-22(8-12-24)28-30-26-33(3)15-16-34(26)4;2*1-6-2-4-7(5-3-6)11(8,9)10/h5-16H,17-20H2,1-4H3;2*2-5H,1H3,(H,8,9,10)/q+2;;/p-2. The second-order valence-corrected chi connectivity index (χ2v) is 16.3. The summed E-state index contributed by atoms with van der Waals surface area (Å²) in [6.45, 7) is 7.50. The lowest BCUT2D eigenvalue weighted by Crippen LogP contribution is -2.46. The largest absolute Gasteiger partial charge is 0.744 e. The normalized spacial score (nSPS) is 13.3. The summed E-state index contributed by atoms with van der Waals surface area (Å²) in [6.07, 6.45) is 7.84. The molecule has 0 radical (unpaired) electrons. The van der Waals surface area contributed by atoms with Crippen LogP contribution in [-0.2, 0) is 48.4 Å². The molecule has 0 saturated carbocycles. The van der Waals surface area contributed by atoms with Gasteiger partial charge in [-0.2, -0.15) is 0 Å². The van der Waals surface area contributed by atoms with Crippen molar-refractivity contribution >= 4 is 54.9 Å². The second-order valence-electron chi connectivity index (χ2n) is 13.6. The number of anilines is 2. The van der Waals surface area contributed by atoms with Gasteiger partial charge in [0.1, 0.15) is 31.6 Å². The molecule has 4 aromatic carbocycles. The lowest BCUT2D eigenvalue weighted by Gasteiger charge is -2.37. The van der Waals surface area contributed by atoms with Gasteiger partial charge in [-0.1, -0.05) is 45.6 Å². The molecule has 304 valence electrons. The van der Waals surface area contributed by atoms with Crippen molar-refractivity contribution in [3.05, 3.63) is 133 Å². The fourth-order valence-electron chi connectivity index (χ4n) is 5.74. The number of piperazine rings is 1. The van der Waals surface area contributed by atoms with Crippen molar-refractivity contribution in [3.8, 4) is 0 Å². The van der Waals surface area contributed by atoms with E-state index in [0.29, 0.717) is 0 Å². The van der Waals surface area contributed by atoms with Gasteiger partial charge in [0.2, 0.25) is 0 Å². The predicted octanol–water partition coefficient (Wildman–Crippen LogP) is 5.97. The number of nitrogens with zero attached hydrogens (tertiary/aromatic N) is 10. The van der Waals surface area contributed by atoms with Gasteiger partial charge < -0.3 is 18.9 Å². The molecule has 3 heterocycles. The zero-order valence-electron chi connectivity index (χ0n) is 33.1. The summed E-state index contributed by atoms with van der Waals surface area (Å²) in [5.41, 5.74) is 5.97. The Morgan fingerprint density at radius 2 is 0.810 bits per heavy atom. The molecular weight excluding hydrogens is 781 g/mol. The molecule has 2 aromatic heterocycles. The number of rotatable bonds is 8. The van der Waals surface area contributed by atoms with Gasteiger partial charge >= 0.3 is 11.9 Å². The molecule has 1 aliphatic heterocycles. The van der Waals surface area contributed by atoms with Crippen LogP contribution in [0.4, 0.5) is 34.6 Å². The first kappa shape index (κ1) is 43.1. The molecular formula is C40H46N10O6S2. The van der Waals surface area contributed by atoms with Crippen LogP contribution in [0.2, 0.25) is 0 Å². The summed E-state index contributed by atoms with van der Waals surface area (Å²) >= 11 is 0. The van der Waals surface area contributed by atoms with Crippen LogP contribution in [0.1, 0.15) is 11.1 Å². The number of aromatic nitrogens is 4. The van der Waals surface area contributed by atoms with Crippen molar-refractivity contribution in [2.24, 2.45) is 48.6 Å². The molecule has 0 aliphatic carbocycles. The van der Waals surface area contributed by atoms with Crippen molar-refractivity contribution in [2.75, 3.05) is 36.0 Å². The number of azo groups is 2. The van der Waals surface area contributed by atoms with Gasteiger partial charge in [0.15, 0.2) is 0 Å². The van der Waals surface area contributed by atoms with E-state index in [1.807, 2.05) is 109 Å². The first-order chi connectivity index (χ1) is 27.5. The quantitative estimate of drug-likeness (QED) is 0.102. The van der Waals surface area contributed by atoms with Crippen LogP contribution in [0, 0.1) is 13.8 Å². The Balaban J connectivity index is 0.000000236. The molecule has 7 rings (SSSR count).